The van der Waals surface area contributed by atoms with Crippen LogP contribution in [0.4, 0.5) is 5.82 Å². The number of nitrogens with one attached hydrogen (secondary N) is 3. The van der Waals surface area contributed by atoms with Gasteiger partial charge in [-0.15, -0.1) is 0 Å². The van der Waals surface area contributed by atoms with E-state index in [4.69, 9.17) is 4.74 Å². The molecular weight excluding hydrogens is 354 g/mol. The number of ether oxygens (including phenoxy) is 1. The zero-order valence-electron chi connectivity index (χ0n) is 15.1. The molecule has 28 heavy (non-hydrogen) atoms. The van der Waals surface area contributed by atoms with Crippen LogP contribution in [0.2, 0.25) is 0 Å². The van der Waals surface area contributed by atoms with Crippen molar-refractivity contribution in [3.8, 4) is 11.5 Å². The standard InChI is InChI=1S/C22H19N3O3/c26-17-11-5-10-16-19(17)18(20-21(23-16)24-25-22(20)27)13-6-4-9-15(12-13)28-14-7-2-1-3-8-14/h1-4,6-9,12,18H,5,10-11H2,(H3,23,24,25,27)/t18-/m1/s1. The first kappa shape index (κ1) is 16.6. The maximum atomic E-state index is 12.8. The molecule has 6 heteroatoms. The Morgan fingerprint density at radius 3 is 2.57 bits per heavy atom. The Morgan fingerprint density at radius 1 is 0.893 bits per heavy atom. The Morgan fingerprint density at radius 2 is 1.71 bits per heavy atom. The van der Waals surface area contributed by atoms with E-state index >= 15 is 0 Å². The summed E-state index contributed by atoms with van der Waals surface area (Å²) in [4.78, 5) is 25.3. The van der Waals surface area contributed by atoms with E-state index in [-0.39, 0.29) is 11.3 Å². The molecule has 2 aliphatic rings. The van der Waals surface area contributed by atoms with Gasteiger partial charge in [0.1, 0.15) is 17.3 Å². The van der Waals surface area contributed by atoms with Crippen molar-refractivity contribution in [2.75, 3.05) is 5.32 Å². The average molecular weight is 373 g/mol. The van der Waals surface area contributed by atoms with E-state index in [1.807, 2.05) is 54.6 Å². The number of allylic oxidation sites excluding steroid dienone is 2. The van der Waals surface area contributed by atoms with Crippen molar-refractivity contribution in [1.82, 2.24) is 10.2 Å². The van der Waals surface area contributed by atoms with Crippen LogP contribution in [0, 0.1) is 0 Å². The monoisotopic (exact) mass is 373 g/mol. The zero-order valence-corrected chi connectivity index (χ0v) is 15.1. The summed E-state index contributed by atoms with van der Waals surface area (Å²) in [5.74, 6) is 1.73. The number of anilines is 1. The summed E-state index contributed by atoms with van der Waals surface area (Å²) in [7, 11) is 0. The van der Waals surface area contributed by atoms with Gasteiger partial charge < -0.3 is 10.1 Å². The summed E-state index contributed by atoms with van der Waals surface area (Å²) in [6.45, 7) is 0. The molecule has 0 saturated heterocycles. The van der Waals surface area contributed by atoms with Crippen molar-refractivity contribution < 1.29 is 9.53 Å². The minimum Gasteiger partial charge on any atom is -0.457 e. The summed E-state index contributed by atoms with van der Waals surface area (Å²) in [6.07, 6.45) is 2.12. The lowest BCUT2D eigenvalue weighted by Crippen LogP contribution is -2.29. The summed E-state index contributed by atoms with van der Waals surface area (Å²) in [5.41, 5.74) is 2.79. The normalized spacial score (nSPS) is 18.3. The van der Waals surface area contributed by atoms with Crippen LogP contribution in [-0.4, -0.2) is 16.0 Å². The number of Topliss-reactive ketones (excluding diaryl/α,β-unsaturated/α-hetero) is 1. The smallest absolute Gasteiger partial charge is 0.270 e. The maximum Gasteiger partial charge on any atom is 0.270 e. The number of aromatic nitrogens is 2. The van der Waals surface area contributed by atoms with Crippen molar-refractivity contribution in [2.24, 2.45) is 0 Å². The Hall–Kier alpha value is -3.54. The van der Waals surface area contributed by atoms with Gasteiger partial charge in [0.15, 0.2) is 5.78 Å². The number of para-hydroxylation sites is 1. The van der Waals surface area contributed by atoms with Crippen LogP contribution in [0.3, 0.4) is 0 Å². The van der Waals surface area contributed by atoms with Crippen LogP contribution >= 0.6 is 0 Å². The van der Waals surface area contributed by atoms with Crippen LogP contribution < -0.4 is 15.6 Å². The summed E-state index contributed by atoms with van der Waals surface area (Å²) >= 11 is 0. The van der Waals surface area contributed by atoms with Gasteiger partial charge in [0, 0.05) is 23.6 Å². The molecule has 0 saturated carbocycles. The number of carbonyl (C=O) groups excluding carboxylic acids is 1. The third kappa shape index (κ3) is 2.74. The first-order chi connectivity index (χ1) is 13.7. The van der Waals surface area contributed by atoms with E-state index in [2.05, 4.69) is 15.5 Å². The zero-order chi connectivity index (χ0) is 19.1. The molecule has 3 N–H and O–H groups in total. The van der Waals surface area contributed by atoms with Crippen LogP contribution in [0.25, 0.3) is 0 Å². The molecule has 5 rings (SSSR count). The van der Waals surface area contributed by atoms with Crippen molar-refractivity contribution >= 4 is 11.6 Å². The average Bonchev–Trinajstić information content (AvgIpc) is 3.08. The van der Waals surface area contributed by atoms with Crippen LogP contribution in [0.15, 0.2) is 70.7 Å². The van der Waals surface area contributed by atoms with Gasteiger partial charge in [-0.05, 0) is 42.7 Å². The highest BCUT2D eigenvalue weighted by molar-refractivity contribution is 6.00. The minimum atomic E-state index is -0.409. The number of hydrogen-bond acceptors (Lipinski definition) is 4. The Kier molecular flexibility index (Phi) is 3.90. The van der Waals surface area contributed by atoms with Gasteiger partial charge in [-0.1, -0.05) is 30.3 Å². The fourth-order valence-electron chi connectivity index (χ4n) is 4.08. The molecule has 0 unspecified atom stereocenters. The Balaban J connectivity index is 1.62. The van der Waals surface area contributed by atoms with Gasteiger partial charge in [0.2, 0.25) is 0 Å². The quantitative estimate of drug-likeness (QED) is 0.646. The topological polar surface area (TPSA) is 87.0 Å². The molecule has 0 spiro atoms. The molecular formula is C22H19N3O3. The second-order valence-electron chi connectivity index (χ2n) is 7.08. The van der Waals surface area contributed by atoms with Crippen molar-refractivity contribution in [2.45, 2.75) is 25.2 Å². The predicted molar refractivity (Wildman–Crippen MR) is 106 cm³/mol. The molecule has 1 aliphatic carbocycles. The number of hydrogen-bond donors (Lipinski definition) is 3. The molecule has 6 nitrogen and oxygen atoms in total. The van der Waals surface area contributed by atoms with Gasteiger partial charge in [-0.3, -0.25) is 19.8 Å². The van der Waals surface area contributed by atoms with Crippen LogP contribution in [0.5, 0.6) is 11.5 Å². The van der Waals surface area contributed by atoms with Gasteiger partial charge in [0.25, 0.3) is 5.56 Å². The molecule has 0 bridgehead atoms. The van der Waals surface area contributed by atoms with E-state index in [0.717, 1.165) is 29.9 Å². The van der Waals surface area contributed by atoms with E-state index in [9.17, 15) is 9.59 Å². The van der Waals surface area contributed by atoms with Crippen LogP contribution in [-0.2, 0) is 4.79 Å². The number of rotatable bonds is 3. The lowest BCUT2D eigenvalue weighted by atomic mass is 9.77. The summed E-state index contributed by atoms with van der Waals surface area (Å²) < 4.78 is 5.96. The second kappa shape index (κ2) is 6.56. The van der Waals surface area contributed by atoms with Crippen LogP contribution in [0.1, 0.15) is 36.3 Å². The largest absolute Gasteiger partial charge is 0.457 e. The Bertz CT molecular complexity index is 1140. The van der Waals surface area contributed by atoms with Gasteiger partial charge in [-0.2, -0.15) is 0 Å². The molecule has 0 amide bonds. The van der Waals surface area contributed by atoms with Gasteiger partial charge >= 0.3 is 0 Å². The molecule has 0 fully saturated rings. The van der Waals surface area contributed by atoms with Crippen molar-refractivity contribution in [3.05, 3.63) is 87.3 Å². The lowest BCUT2D eigenvalue weighted by Gasteiger charge is -2.31. The molecule has 3 aromatic rings. The SMILES string of the molecule is O=C1CCCC2=C1[C@@H](c1cccc(Oc3ccccc3)c1)c1c([nH][nH]c1=O)N2. The highest BCUT2D eigenvalue weighted by atomic mass is 16.5. The van der Waals surface area contributed by atoms with E-state index < -0.39 is 5.92 Å². The summed E-state index contributed by atoms with van der Waals surface area (Å²) in [5, 5.41) is 8.79. The van der Waals surface area contributed by atoms with Gasteiger partial charge in [0.05, 0.1) is 5.56 Å². The molecule has 2 heterocycles. The van der Waals surface area contributed by atoms with E-state index in [1.54, 1.807) is 0 Å². The van der Waals surface area contributed by atoms with Crippen molar-refractivity contribution in [1.29, 1.82) is 0 Å². The molecule has 1 aromatic heterocycles. The number of carbonyl (C=O) groups is 1. The first-order valence-corrected chi connectivity index (χ1v) is 9.37. The second-order valence-corrected chi connectivity index (χ2v) is 7.08. The van der Waals surface area contributed by atoms with E-state index in [1.165, 1.54) is 0 Å². The molecule has 1 atom stereocenters. The lowest BCUT2D eigenvalue weighted by molar-refractivity contribution is -0.116. The highest BCUT2D eigenvalue weighted by Gasteiger charge is 2.37. The first-order valence-electron chi connectivity index (χ1n) is 9.37. The van der Waals surface area contributed by atoms with E-state index in [0.29, 0.717) is 29.1 Å². The summed E-state index contributed by atoms with van der Waals surface area (Å²) in [6, 6.07) is 17.1. The number of fused-ring (bicyclic) bond motifs is 1. The van der Waals surface area contributed by atoms with Crippen molar-refractivity contribution in [3.63, 3.8) is 0 Å². The number of ketones is 1. The fourth-order valence-corrected chi connectivity index (χ4v) is 4.08. The van der Waals surface area contributed by atoms with Gasteiger partial charge in [-0.25, -0.2) is 0 Å². The third-order valence-electron chi connectivity index (χ3n) is 5.29. The highest BCUT2D eigenvalue weighted by Crippen LogP contribution is 2.43. The molecule has 140 valence electrons. The fraction of sp³-hybridized carbons (Fsp3) is 0.182. The Labute approximate surface area is 161 Å². The maximum absolute atomic E-state index is 12.8. The predicted octanol–water partition coefficient (Wildman–Crippen LogP) is 4.06. The number of H-pyrrole nitrogens is 2. The molecule has 1 aliphatic heterocycles. The number of aromatic amines is 2. The molecule has 0 radical (unpaired) electrons. The minimum absolute atomic E-state index is 0.0966. The third-order valence-corrected chi connectivity index (χ3v) is 5.29. The molecule has 2 aromatic carbocycles. The number of benzene rings is 2.